The zero-order valence-electron chi connectivity index (χ0n) is 9.69. The fourth-order valence-electron chi connectivity index (χ4n) is 2.60. The van der Waals surface area contributed by atoms with E-state index in [9.17, 15) is 0 Å². The number of rotatable bonds is 6. The molecular formula is C12H24BrN. The van der Waals surface area contributed by atoms with Crippen LogP contribution in [0.15, 0.2) is 0 Å². The third kappa shape index (κ3) is 3.23. The van der Waals surface area contributed by atoms with Gasteiger partial charge in [-0.2, -0.15) is 0 Å². The summed E-state index contributed by atoms with van der Waals surface area (Å²) < 4.78 is 0. The van der Waals surface area contributed by atoms with E-state index in [2.05, 4.69) is 34.7 Å². The molecule has 1 nitrogen and oxygen atoms in total. The minimum absolute atomic E-state index is 0.602. The SMILES string of the molecule is CCCN(CC)CC1(CBr)CCCC1. The Morgan fingerprint density at radius 3 is 2.29 bits per heavy atom. The Balaban J connectivity index is 2.44. The Kier molecular flexibility index (Phi) is 5.47. The number of nitrogens with zero attached hydrogens (tertiary/aromatic N) is 1. The summed E-state index contributed by atoms with van der Waals surface area (Å²) in [6.45, 7) is 8.35. The van der Waals surface area contributed by atoms with Crippen LogP contribution in [0, 0.1) is 5.41 Å². The van der Waals surface area contributed by atoms with Crippen molar-refractivity contribution in [3.05, 3.63) is 0 Å². The van der Waals surface area contributed by atoms with Gasteiger partial charge in [0.1, 0.15) is 0 Å². The molecule has 0 aromatic rings. The summed E-state index contributed by atoms with van der Waals surface area (Å²) in [7, 11) is 0. The van der Waals surface area contributed by atoms with Gasteiger partial charge in [0.05, 0.1) is 0 Å². The molecule has 1 rings (SSSR count). The van der Waals surface area contributed by atoms with E-state index < -0.39 is 0 Å². The number of alkyl halides is 1. The predicted molar refractivity (Wildman–Crippen MR) is 67.1 cm³/mol. The fourth-order valence-corrected chi connectivity index (χ4v) is 3.34. The van der Waals surface area contributed by atoms with E-state index in [-0.39, 0.29) is 0 Å². The molecule has 0 heterocycles. The van der Waals surface area contributed by atoms with E-state index >= 15 is 0 Å². The molecule has 0 radical (unpaired) electrons. The Morgan fingerprint density at radius 1 is 1.21 bits per heavy atom. The summed E-state index contributed by atoms with van der Waals surface area (Å²) in [6.07, 6.45) is 7.02. The van der Waals surface area contributed by atoms with Crippen LogP contribution in [0.1, 0.15) is 46.0 Å². The second kappa shape index (κ2) is 6.12. The maximum absolute atomic E-state index is 3.72. The summed E-state index contributed by atoms with van der Waals surface area (Å²) in [6, 6.07) is 0. The van der Waals surface area contributed by atoms with Crippen molar-refractivity contribution in [2.24, 2.45) is 5.41 Å². The summed E-state index contributed by atoms with van der Waals surface area (Å²) >= 11 is 3.72. The molecule has 0 amide bonds. The Labute approximate surface area is 97.4 Å². The van der Waals surface area contributed by atoms with E-state index in [1.54, 1.807) is 0 Å². The number of hydrogen-bond donors (Lipinski definition) is 0. The molecule has 0 atom stereocenters. The Morgan fingerprint density at radius 2 is 1.86 bits per heavy atom. The molecule has 1 aliphatic rings. The highest BCUT2D eigenvalue weighted by atomic mass is 79.9. The number of hydrogen-bond acceptors (Lipinski definition) is 1. The van der Waals surface area contributed by atoms with E-state index in [4.69, 9.17) is 0 Å². The molecule has 1 fully saturated rings. The molecule has 0 aromatic carbocycles. The minimum Gasteiger partial charge on any atom is -0.303 e. The standard InChI is InChI=1S/C12H24BrN/c1-3-9-14(4-2)11-12(10-13)7-5-6-8-12/h3-11H2,1-2H3. The molecule has 84 valence electrons. The van der Waals surface area contributed by atoms with Crippen LogP contribution in [0.25, 0.3) is 0 Å². The highest BCUT2D eigenvalue weighted by Gasteiger charge is 2.33. The highest BCUT2D eigenvalue weighted by Crippen LogP contribution is 2.40. The quantitative estimate of drug-likeness (QED) is 0.660. The van der Waals surface area contributed by atoms with Gasteiger partial charge in [-0.05, 0) is 37.8 Å². The zero-order chi connectivity index (χ0) is 10.4. The largest absolute Gasteiger partial charge is 0.303 e. The van der Waals surface area contributed by atoms with Gasteiger partial charge >= 0.3 is 0 Å². The van der Waals surface area contributed by atoms with Gasteiger partial charge in [-0.25, -0.2) is 0 Å². The van der Waals surface area contributed by atoms with Crippen LogP contribution < -0.4 is 0 Å². The molecule has 0 unspecified atom stereocenters. The molecule has 1 aliphatic carbocycles. The van der Waals surface area contributed by atoms with Gasteiger partial charge in [0.25, 0.3) is 0 Å². The molecule has 0 N–H and O–H groups in total. The van der Waals surface area contributed by atoms with E-state index in [0.29, 0.717) is 5.41 Å². The summed E-state index contributed by atoms with van der Waals surface area (Å²) in [5.41, 5.74) is 0.602. The predicted octanol–water partition coefficient (Wildman–Crippen LogP) is 3.67. The first kappa shape index (κ1) is 12.5. The average Bonchev–Trinajstić information content (AvgIpc) is 2.66. The summed E-state index contributed by atoms with van der Waals surface area (Å²) in [5, 5.41) is 1.19. The van der Waals surface area contributed by atoms with Gasteiger partial charge in [0.15, 0.2) is 0 Å². The molecule has 0 aliphatic heterocycles. The molecule has 0 bridgehead atoms. The van der Waals surface area contributed by atoms with E-state index in [1.807, 2.05) is 0 Å². The highest BCUT2D eigenvalue weighted by molar-refractivity contribution is 9.09. The van der Waals surface area contributed by atoms with Crippen molar-refractivity contribution in [3.63, 3.8) is 0 Å². The maximum Gasteiger partial charge on any atom is 0.0100 e. The molecule has 0 saturated heterocycles. The summed E-state index contributed by atoms with van der Waals surface area (Å²) in [4.78, 5) is 2.62. The molecule has 2 heteroatoms. The van der Waals surface area contributed by atoms with Crippen molar-refractivity contribution in [2.75, 3.05) is 25.0 Å². The van der Waals surface area contributed by atoms with Gasteiger partial charge in [0, 0.05) is 11.9 Å². The van der Waals surface area contributed by atoms with Crippen LogP contribution in [0.5, 0.6) is 0 Å². The first-order chi connectivity index (χ1) is 6.76. The zero-order valence-corrected chi connectivity index (χ0v) is 11.3. The van der Waals surface area contributed by atoms with Crippen molar-refractivity contribution in [1.82, 2.24) is 4.90 Å². The van der Waals surface area contributed by atoms with E-state index in [1.165, 1.54) is 57.1 Å². The molecule has 1 saturated carbocycles. The lowest BCUT2D eigenvalue weighted by atomic mass is 9.88. The second-order valence-electron chi connectivity index (χ2n) is 4.71. The fraction of sp³-hybridized carbons (Fsp3) is 1.00. The summed E-state index contributed by atoms with van der Waals surface area (Å²) in [5.74, 6) is 0. The lowest BCUT2D eigenvalue weighted by molar-refractivity contribution is 0.179. The van der Waals surface area contributed by atoms with Gasteiger partial charge < -0.3 is 4.90 Å². The van der Waals surface area contributed by atoms with Crippen molar-refractivity contribution < 1.29 is 0 Å². The average molecular weight is 262 g/mol. The lowest BCUT2D eigenvalue weighted by Crippen LogP contribution is -2.37. The first-order valence-electron chi connectivity index (χ1n) is 6.04. The second-order valence-corrected chi connectivity index (χ2v) is 5.27. The monoisotopic (exact) mass is 261 g/mol. The van der Waals surface area contributed by atoms with Crippen LogP contribution in [-0.4, -0.2) is 29.9 Å². The maximum atomic E-state index is 3.72. The van der Waals surface area contributed by atoms with Gasteiger partial charge in [-0.3, -0.25) is 0 Å². The topological polar surface area (TPSA) is 3.24 Å². The normalized spacial score (nSPS) is 20.6. The lowest BCUT2D eigenvalue weighted by Gasteiger charge is -2.33. The molecular weight excluding hydrogens is 238 g/mol. The van der Waals surface area contributed by atoms with Crippen LogP contribution in [0.3, 0.4) is 0 Å². The van der Waals surface area contributed by atoms with Crippen molar-refractivity contribution in [2.45, 2.75) is 46.0 Å². The number of halogens is 1. The van der Waals surface area contributed by atoms with Crippen LogP contribution in [0.2, 0.25) is 0 Å². The van der Waals surface area contributed by atoms with Crippen molar-refractivity contribution in [3.8, 4) is 0 Å². The van der Waals surface area contributed by atoms with Crippen LogP contribution in [-0.2, 0) is 0 Å². The molecule has 14 heavy (non-hydrogen) atoms. The first-order valence-corrected chi connectivity index (χ1v) is 7.17. The van der Waals surface area contributed by atoms with Crippen molar-refractivity contribution in [1.29, 1.82) is 0 Å². The third-order valence-corrected chi connectivity index (χ3v) is 4.68. The van der Waals surface area contributed by atoms with Crippen molar-refractivity contribution >= 4 is 15.9 Å². The van der Waals surface area contributed by atoms with Gasteiger partial charge in [0.2, 0.25) is 0 Å². The Hall–Kier alpha value is 0.440. The minimum atomic E-state index is 0.602. The smallest absolute Gasteiger partial charge is 0.0100 e. The van der Waals surface area contributed by atoms with Crippen LogP contribution in [0.4, 0.5) is 0 Å². The van der Waals surface area contributed by atoms with Gasteiger partial charge in [-0.1, -0.05) is 42.6 Å². The van der Waals surface area contributed by atoms with E-state index in [0.717, 1.165) is 0 Å². The van der Waals surface area contributed by atoms with Gasteiger partial charge in [-0.15, -0.1) is 0 Å². The molecule has 0 spiro atoms. The van der Waals surface area contributed by atoms with Crippen LogP contribution >= 0.6 is 15.9 Å². The Bertz CT molecular complexity index is 152. The molecule has 0 aromatic heterocycles. The third-order valence-electron chi connectivity index (χ3n) is 3.49.